The normalized spacial score (nSPS) is 11.3. The van der Waals surface area contributed by atoms with Crippen LogP contribution in [0.5, 0.6) is 0 Å². The number of hydrogen-bond donors (Lipinski definition) is 1. The summed E-state index contributed by atoms with van der Waals surface area (Å²) in [5.41, 5.74) is 2.54. The first kappa shape index (κ1) is 21.9. The van der Waals surface area contributed by atoms with Crippen molar-refractivity contribution in [2.75, 3.05) is 46.3 Å². The molecule has 0 fully saturated rings. The molecule has 0 aliphatic rings. The smallest absolute Gasteiger partial charge is 0.253 e. The lowest BCUT2D eigenvalue weighted by Crippen LogP contribution is -2.28. The summed E-state index contributed by atoms with van der Waals surface area (Å²) in [6, 6.07) is 13.9. The predicted octanol–water partition coefficient (Wildman–Crippen LogP) is 1.95. The number of anilines is 1. The lowest BCUT2D eigenvalue weighted by atomic mass is 10.1. The van der Waals surface area contributed by atoms with Crippen molar-refractivity contribution < 1.29 is 17.9 Å². The summed E-state index contributed by atoms with van der Waals surface area (Å²) in [6.45, 7) is 0.941. The second-order valence-corrected chi connectivity index (χ2v) is 8.40. The molecular weight excluding hydrogens is 378 g/mol. The van der Waals surface area contributed by atoms with Gasteiger partial charge in [-0.05, 0) is 42.0 Å². The van der Waals surface area contributed by atoms with Crippen LogP contribution in [0.1, 0.15) is 15.9 Å². The van der Waals surface area contributed by atoms with Gasteiger partial charge in [0.05, 0.1) is 11.5 Å². The van der Waals surface area contributed by atoms with E-state index < -0.39 is 10.0 Å². The number of benzene rings is 2. The zero-order chi connectivity index (χ0) is 20.7. The second-order valence-electron chi connectivity index (χ2n) is 6.64. The van der Waals surface area contributed by atoms with Crippen LogP contribution in [0.4, 0.5) is 5.69 Å². The second kappa shape index (κ2) is 9.68. The molecule has 1 N–H and O–H groups in total. The summed E-state index contributed by atoms with van der Waals surface area (Å²) >= 11 is 0. The van der Waals surface area contributed by atoms with Gasteiger partial charge in [-0.1, -0.05) is 12.1 Å². The van der Waals surface area contributed by atoms with Crippen LogP contribution < -0.4 is 9.62 Å². The third-order valence-electron chi connectivity index (χ3n) is 4.23. The van der Waals surface area contributed by atoms with Gasteiger partial charge in [0.15, 0.2) is 0 Å². The number of carbonyl (C=O) groups excluding carboxylic acids is 1. The Labute approximate surface area is 167 Å². The average molecular weight is 406 g/mol. The molecule has 0 aromatic heterocycles. The molecule has 1 amide bonds. The Hall–Kier alpha value is -2.42. The van der Waals surface area contributed by atoms with Gasteiger partial charge < -0.3 is 14.5 Å². The minimum Gasteiger partial charge on any atom is -0.383 e. The van der Waals surface area contributed by atoms with Gasteiger partial charge in [0.2, 0.25) is 10.0 Å². The SMILES string of the molecule is COCCNS(=O)(=O)c1ccc(C(=O)N(C)Cc2ccc(N(C)C)cc2)cc1. The third kappa shape index (κ3) is 5.79. The molecule has 0 saturated carbocycles. The number of sulfonamides is 1. The Morgan fingerprint density at radius 2 is 1.61 bits per heavy atom. The predicted molar refractivity (Wildman–Crippen MR) is 110 cm³/mol. The Morgan fingerprint density at radius 3 is 2.14 bits per heavy atom. The van der Waals surface area contributed by atoms with Crippen molar-refractivity contribution in [1.29, 1.82) is 0 Å². The number of ether oxygens (including phenoxy) is 1. The highest BCUT2D eigenvalue weighted by atomic mass is 32.2. The minimum atomic E-state index is -3.61. The van der Waals surface area contributed by atoms with Crippen molar-refractivity contribution in [2.24, 2.45) is 0 Å². The van der Waals surface area contributed by atoms with Gasteiger partial charge in [0.25, 0.3) is 5.91 Å². The van der Waals surface area contributed by atoms with Crippen LogP contribution in [0.3, 0.4) is 0 Å². The number of amides is 1. The first-order valence-corrected chi connectivity index (χ1v) is 10.3. The molecule has 28 heavy (non-hydrogen) atoms. The van der Waals surface area contributed by atoms with Gasteiger partial charge >= 0.3 is 0 Å². The zero-order valence-corrected chi connectivity index (χ0v) is 17.5. The summed E-state index contributed by atoms with van der Waals surface area (Å²) in [4.78, 5) is 16.4. The molecular formula is C20H27N3O4S. The minimum absolute atomic E-state index is 0.113. The van der Waals surface area contributed by atoms with Gasteiger partial charge in [0, 0.05) is 52.6 Å². The molecule has 0 saturated heterocycles. The van der Waals surface area contributed by atoms with Crippen LogP contribution in [0.2, 0.25) is 0 Å². The topological polar surface area (TPSA) is 78.9 Å². The molecule has 2 aromatic rings. The van der Waals surface area contributed by atoms with E-state index in [2.05, 4.69) is 4.72 Å². The summed E-state index contributed by atoms with van der Waals surface area (Å²) in [5, 5.41) is 0. The molecule has 152 valence electrons. The molecule has 0 spiro atoms. The standard InChI is InChI=1S/C20H27N3O4S/c1-22(2)18-9-5-16(6-10-18)15-23(3)20(24)17-7-11-19(12-8-17)28(25,26)21-13-14-27-4/h5-12,21H,13-15H2,1-4H3. The first-order valence-electron chi connectivity index (χ1n) is 8.85. The van der Waals surface area contributed by atoms with Crippen molar-refractivity contribution in [2.45, 2.75) is 11.4 Å². The highest BCUT2D eigenvalue weighted by Gasteiger charge is 2.16. The number of hydrogen-bond acceptors (Lipinski definition) is 5. The average Bonchev–Trinajstić information content (AvgIpc) is 2.68. The van der Waals surface area contributed by atoms with E-state index in [1.54, 1.807) is 11.9 Å². The van der Waals surface area contributed by atoms with Crippen LogP contribution >= 0.6 is 0 Å². The molecule has 8 heteroatoms. The van der Waals surface area contributed by atoms with E-state index in [0.717, 1.165) is 11.3 Å². The van der Waals surface area contributed by atoms with E-state index in [-0.39, 0.29) is 24.0 Å². The molecule has 0 aliphatic carbocycles. The maximum absolute atomic E-state index is 12.6. The van der Waals surface area contributed by atoms with Gasteiger partial charge in [-0.3, -0.25) is 4.79 Å². The van der Waals surface area contributed by atoms with Gasteiger partial charge in [-0.15, -0.1) is 0 Å². The molecule has 0 radical (unpaired) electrons. The maximum atomic E-state index is 12.6. The number of carbonyl (C=O) groups is 1. The van der Waals surface area contributed by atoms with E-state index in [9.17, 15) is 13.2 Å². The largest absolute Gasteiger partial charge is 0.383 e. The molecule has 0 bridgehead atoms. The van der Waals surface area contributed by atoms with Crippen LogP contribution in [0, 0.1) is 0 Å². The Bertz CT molecular complexity index is 879. The fourth-order valence-corrected chi connectivity index (χ4v) is 3.62. The summed E-state index contributed by atoms with van der Waals surface area (Å²) in [6.07, 6.45) is 0. The third-order valence-corrected chi connectivity index (χ3v) is 5.71. The lowest BCUT2D eigenvalue weighted by molar-refractivity contribution is 0.0785. The Kier molecular flexibility index (Phi) is 7.56. The van der Waals surface area contributed by atoms with E-state index in [1.165, 1.54) is 31.4 Å². The number of nitrogens with zero attached hydrogens (tertiary/aromatic N) is 2. The van der Waals surface area contributed by atoms with Gasteiger partial charge in [-0.25, -0.2) is 13.1 Å². The van der Waals surface area contributed by atoms with Crippen LogP contribution in [0.15, 0.2) is 53.4 Å². The first-order chi connectivity index (χ1) is 13.2. The molecule has 2 aromatic carbocycles. The lowest BCUT2D eigenvalue weighted by Gasteiger charge is -2.19. The molecule has 0 atom stereocenters. The van der Waals surface area contributed by atoms with Crippen LogP contribution in [-0.4, -0.2) is 60.6 Å². The van der Waals surface area contributed by atoms with E-state index in [1.807, 2.05) is 43.3 Å². The molecule has 0 aliphatic heterocycles. The number of methoxy groups -OCH3 is 1. The fraction of sp³-hybridized carbons (Fsp3) is 0.350. The quantitative estimate of drug-likeness (QED) is 0.645. The van der Waals surface area contributed by atoms with Crippen LogP contribution in [0.25, 0.3) is 0 Å². The highest BCUT2D eigenvalue weighted by molar-refractivity contribution is 7.89. The Morgan fingerprint density at radius 1 is 1.00 bits per heavy atom. The molecule has 0 unspecified atom stereocenters. The van der Waals surface area contributed by atoms with E-state index >= 15 is 0 Å². The number of nitrogens with one attached hydrogen (secondary N) is 1. The van der Waals surface area contributed by atoms with Crippen molar-refractivity contribution in [3.8, 4) is 0 Å². The summed E-state index contributed by atoms with van der Waals surface area (Å²) < 4.78 is 31.6. The summed E-state index contributed by atoms with van der Waals surface area (Å²) in [7, 11) is 3.56. The van der Waals surface area contributed by atoms with E-state index in [0.29, 0.717) is 12.1 Å². The van der Waals surface area contributed by atoms with Gasteiger partial charge in [0.1, 0.15) is 0 Å². The summed E-state index contributed by atoms with van der Waals surface area (Å²) in [5.74, 6) is -0.173. The van der Waals surface area contributed by atoms with Crippen molar-refractivity contribution >= 4 is 21.6 Å². The van der Waals surface area contributed by atoms with Crippen LogP contribution in [-0.2, 0) is 21.3 Å². The van der Waals surface area contributed by atoms with Crippen molar-refractivity contribution in [1.82, 2.24) is 9.62 Å². The Balaban J connectivity index is 2.03. The molecule has 7 nitrogen and oxygen atoms in total. The molecule has 2 rings (SSSR count). The van der Waals surface area contributed by atoms with Gasteiger partial charge in [-0.2, -0.15) is 0 Å². The number of rotatable bonds is 9. The monoisotopic (exact) mass is 405 g/mol. The fourth-order valence-electron chi connectivity index (χ4n) is 2.60. The highest BCUT2D eigenvalue weighted by Crippen LogP contribution is 2.16. The van der Waals surface area contributed by atoms with E-state index in [4.69, 9.17) is 4.74 Å². The maximum Gasteiger partial charge on any atom is 0.253 e. The zero-order valence-electron chi connectivity index (χ0n) is 16.7. The van der Waals surface area contributed by atoms with Crippen molar-refractivity contribution in [3.63, 3.8) is 0 Å². The van der Waals surface area contributed by atoms with Crippen molar-refractivity contribution in [3.05, 3.63) is 59.7 Å². The molecule has 0 heterocycles.